The van der Waals surface area contributed by atoms with E-state index in [1.54, 1.807) is 26.8 Å². The van der Waals surface area contributed by atoms with Gasteiger partial charge in [0.25, 0.3) is 0 Å². The van der Waals surface area contributed by atoms with Crippen LogP contribution in [-0.4, -0.2) is 23.8 Å². The normalized spacial score (nSPS) is 17.3. The Morgan fingerprint density at radius 1 is 1.50 bits per heavy atom. The van der Waals surface area contributed by atoms with Crippen LogP contribution in [0.5, 0.6) is 0 Å². The van der Waals surface area contributed by atoms with Gasteiger partial charge in [0.15, 0.2) is 0 Å². The summed E-state index contributed by atoms with van der Waals surface area (Å²) >= 11 is 0. The predicted molar refractivity (Wildman–Crippen MR) is 67.3 cm³/mol. The van der Waals surface area contributed by atoms with Gasteiger partial charge in [0.2, 0.25) is 0 Å². The van der Waals surface area contributed by atoms with E-state index < -0.39 is 11.8 Å². The summed E-state index contributed by atoms with van der Waals surface area (Å²) in [6.45, 7) is 5.22. The summed E-state index contributed by atoms with van der Waals surface area (Å²) < 4.78 is 4.95. The van der Waals surface area contributed by atoms with E-state index >= 15 is 0 Å². The first-order valence-electron chi connectivity index (χ1n) is 5.69. The average molecular weight is 251 g/mol. The standard InChI is InChI=1S/C13H17NO4/c1-13(2,3)17-12(16)18-14-11-7-5-4-6-10(11)8-9-15/h4-6,9H,7-8H2,1-3H3. The third-order valence-electron chi connectivity index (χ3n) is 2.04. The smallest absolute Gasteiger partial charge is 0.427 e. The minimum atomic E-state index is -0.852. The van der Waals surface area contributed by atoms with Crippen LogP contribution in [0.15, 0.2) is 29.0 Å². The number of carbonyl (C=O) groups excluding carboxylic acids is 2. The number of hydrogen-bond donors (Lipinski definition) is 0. The van der Waals surface area contributed by atoms with Crippen molar-refractivity contribution in [1.29, 1.82) is 0 Å². The highest BCUT2D eigenvalue weighted by molar-refractivity contribution is 6.03. The number of nitrogens with zero attached hydrogens (tertiary/aromatic N) is 1. The molecule has 0 heterocycles. The number of rotatable bonds is 3. The van der Waals surface area contributed by atoms with Crippen LogP contribution in [-0.2, 0) is 14.4 Å². The summed E-state index contributed by atoms with van der Waals surface area (Å²) in [7, 11) is 0. The van der Waals surface area contributed by atoms with Crippen LogP contribution in [0.25, 0.3) is 0 Å². The molecule has 98 valence electrons. The first-order valence-corrected chi connectivity index (χ1v) is 5.69. The number of carbonyl (C=O) groups is 2. The maximum Gasteiger partial charge on any atom is 0.535 e. The van der Waals surface area contributed by atoms with Gasteiger partial charge in [-0.1, -0.05) is 23.4 Å². The minimum Gasteiger partial charge on any atom is -0.427 e. The largest absolute Gasteiger partial charge is 0.535 e. The first kappa shape index (κ1) is 14.2. The second-order valence-corrected chi connectivity index (χ2v) is 4.79. The van der Waals surface area contributed by atoms with Crippen molar-refractivity contribution in [3.8, 4) is 0 Å². The monoisotopic (exact) mass is 251 g/mol. The molecule has 0 aliphatic heterocycles. The fourth-order valence-corrected chi connectivity index (χ4v) is 1.32. The Kier molecular flexibility index (Phi) is 4.83. The summed E-state index contributed by atoms with van der Waals surface area (Å²) in [6, 6.07) is 0. The van der Waals surface area contributed by atoms with Crippen LogP contribution in [0.3, 0.4) is 0 Å². The van der Waals surface area contributed by atoms with Crippen LogP contribution in [0.1, 0.15) is 33.6 Å². The third kappa shape index (κ3) is 4.95. The molecule has 0 unspecified atom stereocenters. The quantitative estimate of drug-likeness (QED) is 0.335. The fourth-order valence-electron chi connectivity index (χ4n) is 1.32. The van der Waals surface area contributed by atoms with E-state index in [4.69, 9.17) is 4.74 Å². The summed E-state index contributed by atoms with van der Waals surface area (Å²) in [5.74, 6) is 0. The number of ether oxygens (including phenoxy) is 1. The zero-order chi connectivity index (χ0) is 13.6. The molecule has 0 saturated carbocycles. The van der Waals surface area contributed by atoms with Gasteiger partial charge in [0, 0.05) is 12.8 Å². The van der Waals surface area contributed by atoms with Crippen molar-refractivity contribution in [2.75, 3.05) is 0 Å². The molecule has 0 saturated heterocycles. The van der Waals surface area contributed by atoms with Crippen LogP contribution < -0.4 is 0 Å². The molecule has 0 aromatic heterocycles. The van der Waals surface area contributed by atoms with Gasteiger partial charge < -0.3 is 9.53 Å². The molecule has 0 radical (unpaired) electrons. The summed E-state index contributed by atoms with van der Waals surface area (Å²) in [5.41, 5.74) is 0.692. The highest BCUT2D eigenvalue weighted by atomic mass is 16.8. The molecule has 0 fully saturated rings. The number of allylic oxidation sites excluding steroid dienone is 4. The van der Waals surface area contributed by atoms with E-state index in [-0.39, 0.29) is 6.42 Å². The lowest BCUT2D eigenvalue weighted by Gasteiger charge is -2.17. The van der Waals surface area contributed by atoms with Gasteiger partial charge in [-0.3, -0.25) is 4.84 Å². The second-order valence-electron chi connectivity index (χ2n) is 4.79. The van der Waals surface area contributed by atoms with E-state index in [0.717, 1.165) is 11.9 Å². The molecule has 0 N–H and O–H groups in total. The second kappa shape index (κ2) is 6.14. The third-order valence-corrected chi connectivity index (χ3v) is 2.04. The maximum atomic E-state index is 11.3. The van der Waals surface area contributed by atoms with Gasteiger partial charge in [0.05, 0.1) is 5.71 Å². The molecule has 0 atom stereocenters. The predicted octanol–water partition coefficient (Wildman–Crippen LogP) is 2.77. The Morgan fingerprint density at radius 3 is 2.83 bits per heavy atom. The number of hydrogen-bond acceptors (Lipinski definition) is 5. The molecular formula is C13H17NO4. The molecule has 1 aliphatic rings. The van der Waals surface area contributed by atoms with Gasteiger partial charge in [0.1, 0.15) is 11.9 Å². The zero-order valence-corrected chi connectivity index (χ0v) is 10.8. The lowest BCUT2D eigenvalue weighted by atomic mass is 10.0. The van der Waals surface area contributed by atoms with E-state index in [1.807, 2.05) is 12.2 Å². The Morgan fingerprint density at radius 2 is 2.22 bits per heavy atom. The number of oxime groups is 1. The van der Waals surface area contributed by atoms with Crippen LogP contribution in [0.4, 0.5) is 4.79 Å². The molecule has 0 aromatic rings. The molecule has 0 bridgehead atoms. The van der Waals surface area contributed by atoms with E-state index in [2.05, 4.69) is 9.99 Å². The Hall–Kier alpha value is -1.91. The molecule has 5 nitrogen and oxygen atoms in total. The molecule has 0 amide bonds. The van der Waals surface area contributed by atoms with E-state index in [0.29, 0.717) is 12.1 Å². The van der Waals surface area contributed by atoms with Crippen molar-refractivity contribution < 1.29 is 19.2 Å². The van der Waals surface area contributed by atoms with Crippen molar-refractivity contribution in [1.82, 2.24) is 0 Å². The Labute approximate surface area is 106 Å². The molecule has 1 aliphatic carbocycles. The highest BCUT2D eigenvalue weighted by Crippen LogP contribution is 2.14. The Bertz CT molecular complexity index is 413. The van der Waals surface area contributed by atoms with Crippen molar-refractivity contribution in [2.45, 2.75) is 39.2 Å². The Balaban J connectivity index is 2.61. The summed E-state index contributed by atoms with van der Waals surface area (Å²) in [4.78, 5) is 26.5. The first-order chi connectivity index (χ1) is 8.42. The lowest BCUT2D eigenvalue weighted by Crippen LogP contribution is -2.23. The van der Waals surface area contributed by atoms with Gasteiger partial charge >= 0.3 is 6.16 Å². The van der Waals surface area contributed by atoms with Crippen molar-refractivity contribution in [3.05, 3.63) is 23.8 Å². The summed E-state index contributed by atoms with van der Waals surface area (Å²) in [6.07, 6.45) is 6.19. The molecule has 18 heavy (non-hydrogen) atoms. The van der Waals surface area contributed by atoms with Crippen LogP contribution >= 0.6 is 0 Å². The van der Waals surface area contributed by atoms with Crippen LogP contribution in [0.2, 0.25) is 0 Å². The van der Waals surface area contributed by atoms with Crippen molar-refractivity contribution in [2.24, 2.45) is 5.16 Å². The van der Waals surface area contributed by atoms with Gasteiger partial charge in [-0.15, -0.1) is 0 Å². The van der Waals surface area contributed by atoms with Crippen LogP contribution in [0, 0.1) is 0 Å². The molecule has 1 rings (SSSR count). The molecule has 0 aromatic carbocycles. The molecule has 0 spiro atoms. The van der Waals surface area contributed by atoms with Gasteiger partial charge in [-0.25, -0.2) is 4.79 Å². The zero-order valence-electron chi connectivity index (χ0n) is 10.8. The van der Waals surface area contributed by atoms with E-state index in [9.17, 15) is 9.59 Å². The van der Waals surface area contributed by atoms with Crippen molar-refractivity contribution >= 4 is 18.2 Å². The lowest BCUT2D eigenvalue weighted by molar-refractivity contribution is -0.107. The van der Waals surface area contributed by atoms with Crippen molar-refractivity contribution in [3.63, 3.8) is 0 Å². The number of aldehydes is 1. The average Bonchev–Trinajstić information content (AvgIpc) is 2.26. The molecule has 5 heteroatoms. The SMILES string of the molecule is CC(C)(C)OC(=O)ON=C1CC=CC=C1CC=O. The molecular weight excluding hydrogens is 234 g/mol. The minimum absolute atomic E-state index is 0.251. The topological polar surface area (TPSA) is 65.0 Å². The maximum absolute atomic E-state index is 11.3. The van der Waals surface area contributed by atoms with E-state index in [1.165, 1.54) is 0 Å². The summed E-state index contributed by atoms with van der Waals surface area (Å²) in [5, 5.41) is 3.73. The highest BCUT2D eigenvalue weighted by Gasteiger charge is 2.18. The van der Waals surface area contributed by atoms with Gasteiger partial charge in [-0.05, 0) is 26.3 Å². The fraction of sp³-hybridized carbons (Fsp3) is 0.462. The van der Waals surface area contributed by atoms with Gasteiger partial charge in [-0.2, -0.15) is 0 Å².